The molecular formula is C23H23F3N6O7S2. The number of hydrogen-bond acceptors (Lipinski definition) is 9. The molecule has 2 aromatic heterocycles. The summed E-state index contributed by atoms with van der Waals surface area (Å²) in [6.07, 6.45) is -4.32. The summed E-state index contributed by atoms with van der Waals surface area (Å²) >= 11 is 1.11. The number of thiophene rings is 1. The molecule has 1 unspecified atom stereocenters. The Bertz CT molecular complexity index is 1610. The maximum absolute atomic E-state index is 13.6. The van der Waals surface area contributed by atoms with Gasteiger partial charge in [-0.25, -0.2) is 14.4 Å². The Morgan fingerprint density at radius 3 is 2.34 bits per heavy atom. The third-order valence-corrected chi connectivity index (χ3v) is 7.47. The first-order valence-electron chi connectivity index (χ1n) is 11.6. The minimum absolute atomic E-state index is 0.100. The second kappa shape index (κ2) is 12.1. The van der Waals surface area contributed by atoms with E-state index in [4.69, 9.17) is 5.14 Å². The second-order valence-electron chi connectivity index (χ2n) is 8.96. The number of nitro groups is 1. The van der Waals surface area contributed by atoms with Crippen LogP contribution in [0.2, 0.25) is 0 Å². The highest BCUT2D eigenvalue weighted by Gasteiger charge is 2.45. The van der Waals surface area contributed by atoms with E-state index in [0.717, 1.165) is 34.2 Å². The maximum atomic E-state index is 13.6. The molecule has 1 aromatic carbocycles. The Kier molecular flexibility index (Phi) is 9.30. The number of alkyl halides is 3. The molecule has 0 bridgehead atoms. The molecule has 0 saturated heterocycles. The van der Waals surface area contributed by atoms with Crippen LogP contribution in [0.4, 0.5) is 24.5 Å². The van der Waals surface area contributed by atoms with Crippen LogP contribution >= 0.6 is 11.3 Å². The Labute approximate surface area is 234 Å². The predicted molar refractivity (Wildman–Crippen MR) is 142 cm³/mol. The monoisotopic (exact) mass is 616 g/mol. The van der Waals surface area contributed by atoms with E-state index in [1.807, 2.05) is 5.32 Å². The summed E-state index contributed by atoms with van der Waals surface area (Å²) in [5.74, 6) is -4.37. The van der Waals surface area contributed by atoms with E-state index in [-0.39, 0.29) is 17.1 Å². The molecule has 0 aliphatic rings. The summed E-state index contributed by atoms with van der Waals surface area (Å²) in [5, 5.41) is 19.9. The van der Waals surface area contributed by atoms with Crippen molar-refractivity contribution in [3.63, 3.8) is 0 Å². The van der Waals surface area contributed by atoms with Gasteiger partial charge >= 0.3 is 6.18 Å². The third kappa shape index (κ3) is 7.53. The lowest BCUT2D eigenvalue weighted by atomic mass is 9.99. The molecule has 2 heterocycles. The van der Waals surface area contributed by atoms with Crippen LogP contribution in [-0.4, -0.2) is 46.8 Å². The van der Waals surface area contributed by atoms with Crippen molar-refractivity contribution in [3.05, 3.63) is 74.0 Å². The molecule has 0 fully saturated rings. The van der Waals surface area contributed by atoms with Gasteiger partial charge in [-0.3, -0.25) is 29.1 Å². The van der Waals surface area contributed by atoms with Crippen molar-refractivity contribution >= 4 is 44.6 Å². The topological polar surface area (TPSA) is 188 Å². The van der Waals surface area contributed by atoms with Crippen LogP contribution < -0.4 is 20.3 Å². The van der Waals surface area contributed by atoms with Gasteiger partial charge in [0.15, 0.2) is 5.82 Å². The molecule has 3 N–H and O–H groups in total. The molecule has 3 rings (SSSR count). The molecule has 0 radical (unpaired) electrons. The number of Topliss-reactive ketones (excluding diaryl/α,β-unsaturated/α-hetero) is 1. The number of benzene rings is 1. The van der Waals surface area contributed by atoms with E-state index < -0.39 is 69.3 Å². The van der Waals surface area contributed by atoms with Crippen LogP contribution in [0.5, 0.6) is 0 Å². The smallest absolute Gasteiger partial charge is 0.344 e. The molecular weight excluding hydrogens is 593 g/mol. The van der Waals surface area contributed by atoms with Gasteiger partial charge in [0, 0.05) is 12.1 Å². The number of nitrogens with two attached hydrogens (primary N) is 1. The molecule has 1 atom stereocenters. The lowest BCUT2D eigenvalue weighted by Crippen LogP contribution is -2.51. The summed E-state index contributed by atoms with van der Waals surface area (Å²) in [7, 11) is -4.66. The Balaban J connectivity index is 2.06. The number of amides is 1. The van der Waals surface area contributed by atoms with Crippen LogP contribution in [-0.2, 0) is 32.9 Å². The minimum atomic E-state index is -5.23. The van der Waals surface area contributed by atoms with Crippen LogP contribution in [0.25, 0.3) is 10.7 Å². The SMILES string of the molecule is CC(C)C(NC(=O)Cn1c(-c2cccs2)ncc(N(Cc2ccc([N+](=O)[O-])cc2)S(N)(=O)=O)c1=O)C(=O)C(F)(F)F. The Morgan fingerprint density at radius 2 is 1.85 bits per heavy atom. The number of hydrogen-bond donors (Lipinski definition) is 2. The van der Waals surface area contributed by atoms with Crippen LogP contribution in [0.3, 0.4) is 0 Å². The van der Waals surface area contributed by atoms with E-state index in [9.17, 15) is 46.1 Å². The van der Waals surface area contributed by atoms with E-state index >= 15 is 0 Å². The number of ketones is 1. The largest absolute Gasteiger partial charge is 0.452 e. The van der Waals surface area contributed by atoms with E-state index in [1.165, 1.54) is 26.0 Å². The zero-order valence-electron chi connectivity index (χ0n) is 21.4. The molecule has 220 valence electrons. The number of halogens is 3. The second-order valence-corrected chi connectivity index (χ2v) is 11.4. The molecule has 3 aromatic rings. The Hall–Kier alpha value is -4.16. The zero-order valence-corrected chi connectivity index (χ0v) is 23.0. The average molecular weight is 617 g/mol. The molecule has 1 amide bonds. The van der Waals surface area contributed by atoms with Crippen molar-refractivity contribution in [3.8, 4) is 10.7 Å². The fourth-order valence-electron chi connectivity index (χ4n) is 3.68. The number of rotatable bonds is 11. The third-order valence-electron chi connectivity index (χ3n) is 5.67. The maximum Gasteiger partial charge on any atom is 0.452 e. The standard InChI is InChI=1S/C23H23F3N6O7S2/c1-13(2)19(20(34)23(24,25)26)29-18(33)12-30-21(17-4-3-9-40-17)28-10-16(22(30)35)31(41(27,38)39)11-14-5-7-15(8-6-14)32(36)37/h3-10,13,19H,11-12H2,1-2H3,(H,29,33)(H2,27,38,39). The van der Waals surface area contributed by atoms with Gasteiger partial charge in [-0.15, -0.1) is 11.3 Å². The first-order valence-corrected chi connectivity index (χ1v) is 14.0. The number of nitrogens with zero attached hydrogens (tertiary/aromatic N) is 4. The van der Waals surface area contributed by atoms with Gasteiger partial charge in [0.25, 0.3) is 27.2 Å². The highest BCUT2D eigenvalue weighted by Crippen LogP contribution is 2.25. The molecule has 18 heteroatoms. The zero-order chi connectivity index (χ0) is 30.7. The summed E-state index contributed by atoms with van der Waals surface area (Å²) < 4.78 is 65.4. The number of carbonyl (C=O) groups is 2. The first-order chi connectivity index (χ1) is 19.0. The van der Waals surface area contributed by atoms with Crippen LogP contribution in [0.1, 0.15) is 19.4 Å². The fourth-order valence-corrected chi connectivity index (χ4v) is 5.13. The number of anilines is 1. The van der Waals surface area contributed by atoms with Gasteiger partial charge in [-0.2, -0.15) is 21.6 Å². The Morgan fingerprint density at radius 1 is 1.22 bits per heavy atom. The quantitative estimate of drug-likeness (QED) is 0.243. The normalized spacial score (nSPS) is 12.7. The highest BCUT2D eigenvalue weighted by molar-refractivity contribution is 7.90. The van der Waals surface area contributed by atoms with Gasteiger partial charge < -0.3 is 5.32 Å². The molecule has 41 heavy (non-hydrogen) atoms. The number of nitrogens with one attached hydrogen (secondary N) is 1. The fraction of sp³-hybridized carbons (Fsp3) is 0.304. The minimum Gasteiger partial charge on any atom is -0.344 e. The molecule has 0 aliphatic carbocycles. The van der Waals surface area contributed by atoms with Crippen LogP contribution in [0.15, 0.2) is 52.8 Å². The molecule has 0 saturated carbocycles. The summed E-state index contributed by atoms with van der Waals surface area (Å²) in [6.45, 7) is 1.12. The van der Waals surface area contributed by atoms with E-state index in [2.05, 4.69) is 4.98 Å². The van der Waals surface area contributed by atoms with Crippen molar-refractivity contribution in [2.24, 2.45) is 11.1 Å². The van der Waals surface area contributed by atoms with Gasteiger partial charge in [-0.05, 0) is 22.9 Å². The van der Waals surface area contributed by atoms with Gasteiger partial charge in [-0.1, -0.05) is 32.0 Å². The lowest BCUT2D eigenvalue weighted by molar-refractivity contribution is -0.384. The van der Waals surface area contributed by atoms with Crippen molar-refractivity contribution in [1.29, 1.82) is 0 Å². The molecule has 0 aliphatic heterocycles. The first kappa shape index (κ1) is 31.4. The van der Waals surface area contributed by atoms with Gasteiger partial charge in [0.2, 0.25) is 5.91 Å². The summed E-state index contributed by atoms with van der Waals surface area (Å²) in [4.78, 5) is 53.1. The van der Waals surface area contributed by atoms with Gasteiger partial charge in [0.05, 0.1) is 28.6 Å². The summed E-state index contributed by atoms with van der Waals surface area (Å²) in [5.41, 5.74) is -1.75. The number of non-ortho nitro benzene ring substituents is 1. The number of nitro benzene ring substituents is 1. The van der Waals surface area contributed by atoms with Crippen molar-refractivity contribution in [2.45, 2.75) is 39.2 Å². The number of aromatic nitrogens is 2. The molecule has 0 spiro atoms. The van der Waals surface area contributed by atoms with Gasteiger partial charge in [0.1, 0.15) is 12.2 Å². The average Bonchev–Trinajstić information content (AvgIpc) is 3.40. The van der Waals surface area contributed by atoms with Crippen molar-refractivity contribution in [1.82, 2.24) is 14.9 Å². The lowest BCUT2D eigenvalue weighted by Gasteiger charge is -2.24. The van der Waals surface area contributed by atoms with E-state index in [0.29, 0.717) is 9.18 Å². The number of carbonyl (C=O) groups excluding carboxylic acids is 2. The van der Waals surface area contributed by atoms with E-state index in [1.54, 1.807) is 17.5 Å². The highest BCUT2D eigenvalue weighted by atomic mass is 32.2. The molecule has 13 nitrogen and oxygen atoms in total. The summed E-state index contributed by atoms with van der Waals surface area (Å²) in [6, 6.07) is 5.93. The van der Waals surface area contributed by atoms with Crippen molar-refractivity contribution < 1.29 is 36.1 Å². The predicted octanol–water partition coefficient (Wildman–Crippen LogP) is 2.36. The van der Waals surface area contributed by atoms with Crippen molar-refractivity contribution in [2.75, 3.05) is 4.31 Å². The van der Waals surface area contributed by atoms with Crippen LogP contribution in [0, 0.1) is 16.0 Å².